The van der Waals surface area contributed by atoms with Crippen molar-refractivity contribution in [2.75, 3.05) is 7.05 Å². The van der Waals surface area contributed by atoms with Crippen LogP contribution in [0.4, 0.5) is 4.39 Å². The molecule has 0 fully saturated rings. The molecule has 4 heteroatoms. The zero-order chi connectivity index (χ0) is 12.3. The monoisotopic (exact) mass is 252 g/mol. The fraction of sp³-hybridized carbons (Fsp3) is 0.231. The molecule has 0 saturated heterocycles. The van der Waals surface area contributed by atoms with Crippen molar-refractivity contribution in [2.24, 2.45) is 0 Å². The summed E-state index contributed by atoms with van der Waals surface area (Å²) >= 11 is 5.91. The van der Waals surface area contributed by atoms with Gasteiger partial charge in [0.15, 0.2) is 0 Å². The molecule has 1 aromatic heterocycles. The van der Waals surface area contributed by atoms with Crippen LogP contribution in [0, 0.1) is 5.82 Å². The third-order valence-corrected chi connectivity index (χ3v) is 3.00. The molecular weight excluding hydrogens is 239 g/mol. The van der Waals surface area contributed by atoms with E-state index < -0.39 is 0 Å². The molecule has 2 nitrogen and oxygen atoms in total. The quantitative estimate of drug-likeness (QED) is 0.885. The van der Waals surface area contributed by atoms with Gasteiger partial charge in [0.1, 0.15) is 5.82 Å². The second kappa shape index (κ2) is 5.34. The van der Waals surface area contributed by atoms with Gasteiger partial charge in [-0.05, 0) is 30.3 Å². The summed E-state index contributed by atoms with van der Waals surface area (Å²) in [5, 5.41) is 3.29. The first-order valence-corrected chi connectivity index (χ1v) is 5.80. The van der Waals surface area contributed by atoms with Gasteiger partial charge in [-0.3, -0.25) is 0 Å². The standard InChI is InChI=1S/C13H14ClFN2/c1-16-7-10-5-6-17(8-10)9-11-3-2-4-12(15)13(11)14/h2-6,8,16H,7,9H2,1H3. The lowest BCUT2D eigenvalue weighted by atomic mass is 10.2. The zero-order valence-electron chi connectivity index (χ0n) is 9.58. The lowest BCUT2D eigenvalue weighted by molar-refractivity contribution is 0.624. The second-order valence-corrected chi connectivity index (χ2v) is 4.31. The van der Waals surface area contributed by atoms with Gasteiger partial charge in [0.2, 0.25) is 0 Å². The maximum absolute atomic E-state index is 13.3. The van der Waals surface area contributed by atoms with Crippen molar-refractivity contribution in [3.05, 3.63) is 58.6 Å². The predicted molar refractivity (Wildman–Crippen MR) is 67.7 cm³/mol. The molecular formula is C13H14ClFN2. The van der Waals surface area contributed by atoms with E-state index in [1.54, 1.807) is 6.07 Å². The van der Waals surface area contributed by atoms with Gasteiger partial charge in [0.05, 0.1) is 5.02 Å². The number of hydrogen-bond acceptors (Lipinski definition) is 1. The number of benzene rings is 1. The van der Waals surface area contributed by atoms with E-state index in [0.717, 1.165) is 12.1 Å². The summed E-state index contributed by atoms with van der Waals surface area (Å²) in [6.45, 7) is 1.41. The predicted octanol–water partition coefficient (Wildman–Crippen LogP) is 3.05. The Labute approximate surface area is 105 Å². The Morgan fingerprint density at radius 3 is 2.94 bits per heavy atom. The molecule has 0 unspecified atom stereocenters. The first-order chi connectivity index (χ1) is 8.20. The molecule has 90 valence electrons. The van der Waals surface area contributed by atoms with Crippen LogP contribution in [0.5, 0.6) is 0 Å². The van der Waals surface area contributed by atoms with Crippen molar-refractivity contribution in [3.63, 3.8) is 0 Å². The highest BCUT2D eigenvalue weighted by molar-refractivity contribution is 6.31. The van der Waals surface area contributed by atoms with Gasteiger partial charge in [0, 0.05) is 25.5 Å². The van der Waals surface area contributed by atoms with Gasteiger partial charge in [-0.2, -0.15) is 0 Å². The summed E-state index contributed by atoms with van der Waals surface area (Å²) in [6, 6.07) is 6.91. The van der Waals surface area contributed by atoms with Gasteiger partial charge in [-0.1, -0.05) is 23.7 Å². The van der Waals surface area contributed by atoms with Crippen LogP contribution in [0.15, 0.2) is 36.7 Å². The average molecular weight is 253 g/mol. The Bertz CT molecular complexity index is 508. The van der Waals surface area contributed by atoms with Crippen molar-refractivity contribution in [1.29, 1.82) is 0 Å². The number of halogens is 2. The molecule has 0 atom stereocenters. The fourth-order valence-electron chi connectivity index (χ4n) is 1.76. The molecule has 0 amide bonds. The molecule has 1 N–H and O–H groups in total. The van der Waals surface area contributed by atoms with Crippen LogP contribution in [0.25, 0.3) is 0 Å². The van der Waals surface area contributed by atoms with Gasteiger partial charge >= 0.3 is 0 Å². The van der Waals surface area contributed by atoms with Gasteiger partial charge in [-0.25, -0.2) is 4.39 Å². The van der Waals surface area contributed by atoms with Crippen LogP contribution < -0.4 is 5.32 Å². The summed E-state index contributed by atoms with van der Waals surface area (Å²) in [5.74, 6) is -0.369. The van der Waals surface area contributed by atoms with Crippen molar-refractivity contribution in [2.45, 2.75) is 13.1 Å². The number of hydrogen-bond donors (Lipinski definition) is 1. The summed E-state index contributed by atoms with van der Waals surface area (Å²) in [7, 11) is 1.90. The van der Waals surface area contributed by atoms with Crippen molar-refractivity contribution in [3.8, 4) is 0 Å². The lowest BCUT2D eigenvalue weighted by Gasteiger charge is -2.06. The molecule has 0 saturated carbocycles. The Morgan fingerprint density at radius 1 is 1.35 bits per heavy atom. The largest absolute Gasteiger partial charge is 0.350 e. The molecule has 2 aromatic rings. The number of nitrogens with zero attached hydrogens (tertiary/aromatic N) is 1. The minimum atomic E-state index is -0.369. The minimum Gasteiger partial charge on any atom is -0.350 e. The molecule has 0 radical (unpaired) electrons. The maximum Gasteiger partial charge on any atom is 0.142 e. The lowest BCUT2D eigenvalue weighted by Crippen LogP contribution is -2.04. The minimum absolute atomic E-state index is 0.205. The van der Waals surface area contributed by atoms with E-state index in [2.05, 4.69) is 5.32 Å². The first-order valence-electron chi connectivity index (χ1n) is 5.43. The molecule has 0 aliphatic rings. The summed E-state index contributed by atoms with van der Waals surface area (Å²) in [4.78, 5) is 0. The second-order valence-electron chi connectivity index (χ2n) is 3.94. The molecule has 0 aliphatic carbocycles. The third-order valence-electron chi connectivity index (χ3n) is 2.58. The highest BCUT2D eigenvalue weighted by Gasteiger charge is 2.06. The molecule has 0 spiro atoms. The van der Waals surface area contributed by atoms with E-state index in [1.807, 2.05) is 36.1 Å². The van der Waals surface area contributed by atoms with Crippen LogP contribution in [-0.2, 0) is 13.1 Å². The Kier molecular flexibility index (Phi) is 3.82. The van der Waals surface area contributed by atoms with E-state index in [4.69, 9.17) is 11.6 Å². The summed E-state index contributed by atoms with van der Waals surface area (Å²) in [6.07, 6.45) is 3.99. The first kappa shape index (κ1) is 12.1. The van der Waals surface area contributed by atoms with Crippen LogP contribution >= 0.6 is 11.6 Å². The zero-order valence-corrected chi connectivity index (χ0v) is 10.3. The van der Waals surface area contributed by atoms with Crippen molar-refractivity contribution >= 4 is 11.6 Å². The van der Waals surface area contributed by atoms with Gasteiger partial charge in [-0.15, -0.1) is 0 Å². The number of nitrogens with one attached hydrogen (secondary N) is 1. The van der Waals surface area contributed by atoms with E-state index in [9.17, 15) is 4.39 Å². The normalized spacial score (nSPS) is 10.8. The molecule has 1 heterocycles. The molecule has 0 aliphatic heterocycles. The Balaban J connectivity index is 2.16. The highest BCUT2D eigenvalue weighted by atomic mass is 35.5. The average Bonchev–Trinajstić information content (AvgIpc) is 2.73. The van der Waals surface area contributed by atoms with Crippen molar-refractivity contribution in [1.82, 2.24) is 9.88 Å². The van der Waals surface area contributed by atoms with Gasteiger partial charge < -0.3 is 9.88 Å². The highest BCUT2D eigenvalue weighted by Crippen LogP contribution is 2.20. The summed E-state index contributed by atoms with van der Waals surface area (Å²) < 4.78 is 15.3. The fourth-order valence-corrected chi connectivity index (χ4v) is 1.95. The van der Waals surface area contributed by atoms with E-state index in [-0.39, 0.29) is 10.8 Å². The Morgan fingerprint density at radius 2 is 2.18 bits per heavy atom. The smallest absolute Gasteiger partial charge is 0.142 e. The topological polar surface area (TPSA) is 17.0 Å². The Hall–Kier alpha value is -1.32. The number of rotatable bonds is 4. The molecule has 1 aromatic carbocycles. The van der Waals surface area contributed by atoms with Crippen LogP contribution in [0.1, 0.15) is 11.1 Å². The maximum atomic E-state index is 13.3. The van der Waals surface area contributed by atoms with E-state index in [1.165, 1.54) is 11.6 Å². The van der Waals surface area contributed by atoms with Crippen LogP contribution in [0.3, 0.4) is 0 Å². The van der Waals surface area contributed by atoms with Crippen LogP contribution in [-0.4, -0.2) is 11.6 Å². The third kappa shape index (κ3) is 2.87. The molecule has 2 rings (SSSR count). The van der Waals surface area contributed by atoms with Crippen molar-refractivity contribution < 1.29 is 4.39 Å². The van der Waals surface area contributed by atoms with E-state index in [0.29, 0.717) is 6.54 Å². The van der Waals surface area contributed by atoms with Gasteiger partial charge in [0.25, 0.3) is 0 Å². The van der Waals surface area contributed by atoms with Crippen LogP contribution in [0.2, 0.25) is 5.02 Å². The summed E-state index contributed by atoms with van der Waals surface area (Å²) in [5.41, 5.74) is 1.98. The molecule has 0 bridgehead atoms. The molecule has 17 heavy (non-hydrogen) atoms. The number of aromatic nitrogens is 1. The SMILES string of the molecule is CNCc1ccn(Cc2cccc(F)c2Cl)c1. The van der Waals surface area contributed by atoms with E-state index >= 15 is 0 Å².